The molecule has 0 heterocycles. The van der Waals surface area contributed by atoms with E-state index >= 15 is 0 Å². The highest BCUT2D eigenvalue weighted by molar-refractivity contribution is 14.1. The monoisotopic (exact) mass is 720 g/mol. The van der Waals surface area contributed by atoms with Gasteiger partial charge in [-0.25, -0.2) is 0 Å². The maximum Gasteiger partial charge on any atom is 0.309 e. The number of aliphatic hydroxyl groups is 2. The Labute approximate surface area is 265 Å². The summed E-state index contributed by atoms with van der Waals surface area (Å²) in [6.07, 6.45) is 1.25. The number of nitrogens with two attached hydrogens (primary N) is 4. The molecule has 0 saturated heterocycles. The van der Waals surface area contributed by atoms with Crippen molar-refractivity contribution >= 4 is 51.8 Å². The molecule has 15 heteroatoms. The summed E-state index contributed by atoms with van der Waals surface area (Å²) in [6, 6.07) is 1.12. The van der Waals surface area contributed by atoms with Gasteiger partial charge in [-0.3, -0.25) is 24.1 Å². The SMILES string of the molecule is CN(C)[C@@H]1C(=O)C(C(N)=O)=C(O)[C@@]2(C#N)C(=O)C3=C(O)c4c(O)ccc(I)c4[C@H](N)[C@@]3(N)[C@H](OC(=O)C3CCCCC3)[C@@]12N. The first-order chi connectivity index (χ1) is 20.5. The summed E-state index contributed by atoms with van der Waals surface area (Å²) in [6.45, 7) is 0. The molecule has 2 fully saturated rings. The molecule has 1 aromatic carbocycles. The number of likely N-dealkylation sites (N-methyl/N-ethyl adjacent to an activating group) is 1. The Kier molecular flexibility index (Phi) is 7.61. The van der Waals surface area contributed by atoms with Gasteiger partial charge < -0.3 is 43.0 Å². The number of carbonyl (C=O) groups excluding carboxylic acids is 4. The molecule has 6 atom stereocenters. The maximum atomic E-state index is 14.7. The van der Waals surface area contributed by atoms with Gasteiger partial charge in [0.1, 0.15) is 40.0 Å². The van der Waals surface area contributed by atoms with Gasteiger partial charge in [-0.2, -0.15) is 5.26 Å². The highest BCUT2D eigenvalue weighted by Gasteiger charge is 2.81. The van der Waals surface area contributed by atoms with Crippen LogP contribution in [0, 0.1) is 26.2 Å². The number of halogens is 1. The quantitative estimate of drug-likeness (QED) is 0.123. The molecule has 0 unspecified atom stereocenters. The van der Waals surface area contributed by atoms with Crippen LogP contribution in [0.15, 0.2) is 29.0 Å². The first kappa shape index (κ1) is 31.9. The lowest BCUT2D eigenvalue weighted by Crippen LogP contribution is -2.88. The minimum atomic E-state index is -3.04. The van der Waals surface area contributed by atoms with Crippen LogP contribution in [0.1, 0.15) is 49.3 Å². The lowest BCUT2D eigenvalue weighted by Gasteiger charge is -2.63. The molecule has 11 N–H and O–H groups in total. The van der Waals surface area contributed by atoms with Crippen molar-refractivity contribution in [2.75, 3.05) is 14.1 Å². The average molecular weight is 721 g/mol. The number of hydrogen-bond donors (Lipinski definition) is 7. The Morgan fingerprint density at radius 3 is 2.27 bits per heavy atom. The average Bonchev–Trinajstić information content (AvgIpc) is 2.95. The van der Waals surface area contributed by atoms with Gasteiger partial charge in [-0.1, -0.05) is 19.3 Å². The van der Waals surface area contributed by atoms with Crippen molar-refractivity contribution in [1.29, 1.82) is 5.26 Å². The minimum Gasteiger partial charge on any atom is -0.509 e. The van der Waals surface area contributed by atoms with Crippen LogP contribution in [0.3, 0.4) is 0 Å². The number of fused-ring (bicyclic) bond motifs is 3. The zero-order chi connectivity index (χ0) is 32.7. The number of nitriles is 1. The van der Waals surface area contributed by atoms with Crippen molar-refractivity contribution in [2.24, 2.45) is 34.3 Å². The van der Waals surface area contributed by atoms with Crippen LogP contribution in [0.4, 0.5) is 0 Å². The number of Topliss-reactive ketones (excluding diaryl/α,β-unsaturated/α-hetero) is 2. The second-order valence-electron chi connectivity index (χ2n) is 12.1. The number of ether oxygens (including phenoxy) is 1. The topological polar surface area (TPSA) is 269 Å². The number of nitrogens with zero attached hydrogens (tertiary/aromatic N) is 2. The third-order valence-electron chi connectivity index (χ3n) is 9.63. The smallest absolute Gasteiger partial charge is 0.309 e. The lowest BCUT2D eigenvalue weighted by atomic mass is 9.45. The van der Waals surface area contributed by atoms with E-state index in [-0.39, 0.29) is 11.1 Å². The zero-order valence-electron chi connectivity index (χ0n) is 24.0. The number of hydrogen-bond acceptors (Lipinski definition) is 13. The van der Waals surface area contributed by atoms with Gasteiger partial charge in [0.05, 0.1) is 35.2 Å². The van der Waals surface area contributed by atoms with Gasteiger partial charge in [0.15, 0.2) is 11.6 Å². The van der Waals surface area contributed by atoms with Gasteiger partial charge in [0.2, 0.25) is 5.41 Å². The van der Waals surface area contributed by atoms with E-state index in [0.717, 1.165) is 19.3 Å². The molecule has 0 spiro atoms. The third-order valence-corrected chi connectivity index (χ3v) is 10.6. The van der Waals surface area contributed by atoms with E-state index in [1.165, 1.54) is 31.1 Å². The summed E-state index contributed by atoms with van der Waals surface area (Å²) in [5, 5.41) is 44.8. The van der Waals surface area contributed by atoms with E-state index in [9.17, 15) is 39.8 Å². The molecule has 14 nitrogen and oxygen atoms in total. The van der Waals surface area contributed by atoms with Crippen molar-refractivity contribution in [2.45, 2.75) is 61.4 Å². The fourth-order valence-electron chi connectivity index (χ4n) is 7.60. The normalized spacial score (nSPS) is 33.8. The number of phenolic OH excluding ortho intramolecular Hbond substituents is 1. The lowest BCUT2D eigenvalue weighted by molar-refractivity contribution is -0.181. The predicted molar refractivity (Wildman–Crippen MR) is 162 cm³/mol. The molecule has 1 aromatic rings. The number of aromatic hydroxyl groups is 1. The van der Waals surface area contributed by atoms with Crippen LogP contribution in [-0.2, 0) is 23.9 Å². The first-order valence-electron chi connectivity index (χ1n) is 13.9. The Bertz CT molecular complexity index is 1630. The molecule has 0 bridgehead atoms. The number of carbonyl (C=O) groups is 4. The van der Waals surface area contributed by atoms with Crippen molar-refractivity contribution in [3.63, 3.8) is 0 Å². The summed E-state index contributed by atoms with van der Waals surface area (Å²) in [7, 11) is 2.74. The van der Waals surface area contributed by atoms with E-state index in [0.29, 0.717) is 16.4 Å². The van der Waals surface area contributed by atoms with Crippen molar-refractivity contribution in [1.82, 2.24) is 4.90 Å². The van der Waals surface area contributed by atoms with Crippen LogP contribution in [0.5, 0.6) is 5.75 Å². The standard InChI is InChI=1S/C29H33IN6O8/c1-36(2)21-19(39)16(24(33)42)22(40)27(10-31)23(41)17-18(38)15-13(37)9-8-12(30)14(15)20(32)28(17,34)26(29(21,27)35)44-25(43)11-6-4-3-5-7-11/h8-9,11,20-21,26,37-38,40H,3-7,32,34-35H2,1-2H3,(H2,33,42)/t20-,21+,26-,27-,28+,29-/m0/s1. The zero-order valence-corrected chi connectivity index (χ0v) is 26.1. The van der Waals surface area contributed by atoms with E-state index in [1.54, 1.807) is 6.07 Å². The predicted octanol–water partition coefficient (Wildman–Crippen LogP) is 0.0694. The molecular weight excluding hydrogens is 687 g/mol. The van der Waals surface area contributed by atoms with E-state index < -0.39 is 92.5 Å². The number of ketones is 2. The number of amides is 1. The third kappa shape index (κ3) is 3.78. The van der Waals surface area contributed by atoms with Gasteiger partial charge >= 0.3 is 5.97 Å². The molecule has 4 aliphatic carbocycles. The number of esters is 1. The van der Waals surface area contributed by atoms with Crippen LogP contribution in [0.2, 0.25) is 0 Å². The number of phenols is 1. The summed E-state index contributed by atoms with van der Waals surface area (Å²) in [5.41, 5.74) is 16.2. The molecule has 0 aromatic heterocycles. The number of aliphatic hydroxyl groups excluding tert-OH is 2. The van der Waals surface area contributed by atoms with Crippen molar-refractivity contribution in [3.05, 3.63) is 43.7 Å². The molecule has 4 aliphatic rings. The second kappa shape index (κ2) is 10.5. The van der Waals surface area contributed by atoms with E-state index in [2.05, 4.69) is 0 Å². The van der Waals surface area contributed by atoms with E-state index in [4.69, 9.17) is 27.7 Å². The first-order valence-corrected chi connectivity index (χ1v) is 15.0. The van der Waals surface area contributed by atoms with Crippen LogP contribution >= 0.6 is 22.6 Å². The fourth-order valence-corrected chi connectivity index (χ4v) is 8.38. The molecule has 0 radical (unpaired) electrons. The molecule has 2 saturated carbocycles. The molecule has 0 aliphatic heterocycles. The van der Waals surface area contributed by atoms with Gasteiger partial charge in [0.25, 0.3) is 5.91 Å². The van der Waals surface area contributed by atoms with E-state index in [1.807, 2.05) is 22.6 Å². The molecule has 234 valence electrons. The minimum absolute atomic E-state index is 0.0926. The fraction of sp³-hybridized carbons (Fsp3) is 0.483. The number of benzene rings is 1. The molecule has 44 heavy (non-hydrogen) atoms. The van der Waals surface area contributed by atoms with Crippen molar-refractivity contribution in [3.8, 4) is 11.8 Å². The number of primary amides is 1. The summed E-state index contributed by atoms with van der Waals surface area (Å²) in [4.78, 5) is 56.2. The van der Waals surface area contributed by atoms with Crippen molar-refractivity contribution < 1.29 is 39.2 Å². The Balaban J connectivity index is 1.94. The molecular formula is C29H33IN6O8. The summed E-state index contributed by atoms with van der Waals surface area (Å²) in [5.74, 6) is -8.14. The number of rotatable bonds is 4. The van der Waals surface area contributed by atoms with Gasteiger partial charge in [0, 0.05) is 3.57 Å². The van der Waals surface area contributed by atoms with Crippen LogP contribution in [0.25, 0.3) is 5.76 Å². The largest absolute Gasteiger partial charge is 0.509 e. The molecule has 1 amide bonds. The van der Waals surface area contributed by atoms with Gasteiger partial charge in [-0.05, 0) is 67.2 Å². The Morgan fingerprint density at radius 2 is 1.73 bits per heavy atom. The highest BCUT2D eigenvalue weighted by atomic mass is 127. The Hall–Kier alpha value is -3.56. The maximum absolute atomic E-state index is 14.7. The summed E-state index contributed by atoms with van der Waals surface area (Å²) >= 11 is 1.89. The highest BCUT2D eigenvalue weighted by Crippen LogP contribution is 2.61. The van der Waals surface area contributed by atoms with Crippen LogP contribution < -0.4 is 22.9 Å². The second-order valence-corrected chi connectivity index (χ2v) is 13.2. The Morgan fingerprint density at radius 1 is 1.11 bits per heavy atom. The van der Waals surface area contributed by atoms with Crippen LogP contribution in [-0.4, -0.2) is 81.0 Å². The van der Waals surface area contributed by atoms with Gasteiger partial charge in [-0.15, -0.1) is 0 Å². The summed E-state index contributed by atoms with van der Waals surface area (Å²) < 4.78 is 6.53. The molecule has 5 rings (SSSR count).